The van der Waals surface area contributed by atoms with Crippen molar-refractivity contribution in [2.45, 2.75) is 36.1 Å². The predicted octanol–water partition coefficient (Wildman–Crippen LogP) is 5.11. The van der Waals surface area contributed by atoms with Crippen molar-refractivity contribution in [1.29, 1.82) is 0 Å². The molecule has 136 valence electrons. The molecular weight excluding hydrogens is 378 g/mol. The molecule has 1 aliphatic rings. The highest BCUT2D eigenvalue weighted by Crippen LogP contribution is 2.43. The molecule has 0 amide bonds. The Morgan fingerprint density at radius 2 is 2.00 bits per heavy atom. The van der Waals surface area contributed by atoms with Crippen LogP contribution in [-0.4, -0.2) is 24.9 Å². The lowest BCUT2D eigenvalue weighted by atomic mass is 10.3. The van der Waals surface area contributed by atoms with E-state index in [0.717, 1.165) is 21.5 Å². The summed E-state index contributed by atoms with van der Waals surface area (Å²) in [6.45, 7) is 2.05. The minimum Gasteiger partial charge on any atom is -0.338 e. The molecule has 5 rings (SSSR count). The highest BCUT2D eigenvalue weighted by atomic mass is 32.2. The first kappa shape index (κ1) is 16.7. The number of hydrogen-bond donors (Lipinski definition) is 0. The Morgan fingerprint density at radius 1 is 1.15 bits per heavy atom. The van der Waals surface area contributed by atoms with Crippen LogP contribution in [-0.2, 0) is 0 Å². The zero-order valence-corrected chi connectivity index (χ0v) is 16.3. The smallest absolute Gasteiger partial charge is 0.240 e. The Morgan fingerprint density at radius 3 is 2.74 bits per heavy atom. The zero-order chi connectivity index (χ0) is 18.2. The maximum Gasteiger partial charge on any atom is 0.240 e. The van der Waals surface area contributed by atoms with E-state index in [0.29, 0.717) is 17.6 Å². The maximum atomic E-state index is 5.50. The lowest BCUT2D eigenvalue weighted by Crippen LogP contribution is -2.02. The van der Waals surface area contributed by atoms with Crippen molar-refractivity contribution >= 4 is 23.1 Å². The van der Waals surface area contributed by atoms with Crippen LogP contribution in [0.25, 0.3) is 16.4 Å². The molecule has 1 aromatic carbocycles. The summed E-state index contributed by atoms with van der Waals surface area (Å²) in [5.41, 5.74) is 1.09. The molecule has 3 aromatic heterocycles. The van der Waals surface area contributed by atoms with Crippen molar-refractivity contribution in [1.82, 2.24) is 24.9 Å². The Bertz CT molecular complexity index is 1040. The zero-order valence-electron chi connectivity index (χ0n) is 14.6. The summed E-state index contributed by atoms with van der Waals surface area (Å²) in [5.74, 6) is 2.78. The van der Waals surface area contributed by atoms with Crippen LogP contribution in [0.1, 0.15) is 42.6 Å². The molecule has 4 aromatic rings. The minimum atomic E-state index is -0.0232. The number of thioether (sulfide) groups is 1. The van der Waals surface area contributed by atoms with Crippen LogP contribution < -0.4 is 0 Å². The number of hydrogen-bond acceptors (Lipinski definition) is 7. The summed E-state index contributed by atoms with van der Waals surface area (Å²) in [5, 5.41) is 15.9. The second kappa shape index (κ2) is 6.94. The van der Waals surface area contributed by atoms with Gasteiger partial charge in [0.25, 0.3) is 0 Å². The first-order valence-corrected chi connectivity index (χ1v) is 10.6. The maximum absolute atomic E-state index is 5.50. The quantitative estimate of drug-likeness (QED) is 0.423. The molecule has 27 heavy (non-hydrogen) atoms. The Balaban J connectivity index is 1.44. The van der Waals surface area contributed by atoms with E-state index >= 15 is 0 Å². The van der Waals surface area contributed by atoms with E-state index in [9.17, 15) is 0 Å². The average molecular weight is 396 g/mol. The molecule has 0 radical (unpaired) electrons. The van der Waals surface area contributed by atoms with Crippen LogP contribution >= 0.6 is 23.1 Å². The number of benzene rings is 1. The highest BCUT2D eigenvalue weighted by Gasteiger charge is 2.32. The van der Waals surface area contributed by atoms with Gasteiger partial charge in [-0.2, -0.15) is 4.98 Å². The molecule has 8 heteroatoms. The minimum absolute atomic E-state index is 0.0232. The number of para-hydroxylation sites is 1. The van der Waals surface area contributed by atoms with E-state index in [1.54, 1.807) is 23.1 Å². The SMILES string of the molecule is C[C@H](Sc1nnc(C2CC2)n1-c1ccccc1)c1nc(-c2cccs2)no1. The molecule has 0 bridgehead atoms. The van der Waals surface area contributed by atoms with Gasteiger partial charge in [-0.05, 0) is 43.3 Å². The fourth-order valence-corrected chi connectivity index (χ4v) is 4.45. The Hall–Kier alpha value is -2.45. The van der Waals surface area contributed by atoms with Crippen LogP contribution in [0.4, 0.5) is 0 Å². The van der Waals surface area contributed by atoms with Gasteiger partial charge in [-0.3, -0.25) is 4.57 Å². The van der Waals surface area contributed by atoms with Crippen molar-refractivity contribution in [2.75, 3.05) is 0 Å². The average Bonchev–Trinajstić information content (AvgIpc) is 3.11. The molecule has 3 heterocycles. The molecule has 1 saturated carbocycles. The molecule has 0 spiro atoms. The van der Waals surface area contributed by atoms with E-state index in [1.807, 2.05) is 35.7 Å². The van der Waals surface area contributed by atoms with Crippen molar-refractivity contribution < 1.29 is 4.52 Å². The van der Waals surface area contributed by atoms with Gasteiger partial charge >= 0.3 is 0 Å². The first-order chi connectivity index (χ1) is 13.3. The summed E-state index contributed by atoms with van der Waals surface area (Å²) in [6.07, 6.45) is 2.36. The van der Waals surface area contributed by atoms with Crippen LogP contribution in [0.5, 0.6) is 0 Å². The first-order valence-electron chi connectivity index (χ1n) is 8.84. The molecule has 1 fully saturated rings. The predicted molar refractivity (Wildman–Crippen MR) is 105 cm³/mol. The monoisotopic (exact) mass is 395 g/mol. The third-order valence-electron chi connectivity index (χ3n) is 4.43. The summed E-state index contributed by atoms with van der Waals surface area (Å²) in [6, 6.07) is 14.2. The Labute approximate surface area is 164 Å². The van der Waals surface area contributed by atoms with E-state index in [1.165, 1.54) is 12.8 Å². The standard InChI is InChI=1S/C19H17N5OS2/c1-12(18-20-16(23-25-18)15-8-5-11-26-15)27-19-22-21-17(13-9-10-13)24(19)14-6-3-2-4-7-14/h2-8,11-13H,9-10H2,1H3/t12-/m0/s1. The fraction of sp³-hybridized carbons (Fsp3) is 0.263. The molecule has 1 aliphatic carbocycles. The second-order valence-corrected chi connectivity index (χ2v) is 8.74. The van der Waals surface area contributed by atoms with Crippen LogP contribution in [0.2, 0.25) is 0 Å². The highest BCUT2D eigenvalue weighted by molar-refractivity contribution is 7.99. The molecule has 0 unspecified atom stereocenters. The number of thiophene rings is 1. The fourth-order valence-electron chi connectivity index (χ4n) is 2.90. The lowest BCUT2D eigenvalue weighted by Gasteiger charge is -2.11. The van der Waals surface area contributed by atoms with Gasteiger partial charge in [0.1, 0.15) is 5.82 Å². The van der Waals surface area contributed by atoms with Gasteiger partial charge in [-0.1, -0.05) is 41.2 Å². The second-order valence-electron chi connectivity index (χ2n) is 6.48. The molecule has 0 aliphatic heterocycles. The number of rotatable bonds is 6. The van der Waals surface area contributed by atoms with Crippen molar-refractivity contribution in [2.24, 2.45) is 0 Å². The van der Waals surface area contributed by atoms with Crippen LogP contribution in [0, 0.1) is 0 Å². The Kier molecular flexibility index (Phi) is 4.29. The van der Waals surface area contributed by atoms with Gasteiger partial charge in [0.05, 0.1) is 10.1 Å². The topological polar surface area (TPSA) is 69.6 Å². The van der Waals surface area contributed by atoms with Gasteiger partial charge in [0.15, 0.2) is 5.16 Å². The third-order valence-corrected chi connectivity index (χ3v) is 6.32. The normalized spacial score (nSPS) is 15.1. The molecule has 0 saturated heterocycles. The molecule has 0 N–H and O–H groups in total. The van der Waals surface area contributed by atoms with Crippen LogP contribution in [0.15, 0.2) is 57.5 Å². The van der Waals surface area contributed by atoms with Gasteiger partial charge < -0.3 is 4.52 Å². The lowest BCUT2D eigenvalue weighted by molar-refractivity contribution is 0.380. The van der Waals surface area contributed by atoms with E-state index in [4.69, 9.17) is 4.52 Å². The van der Waals surface area contributed by atoms with Crippen molar-refractivity contribution in [3.8, 4) is 16.4 Å². The van der Waals surface area contributed by atoms with E-state index in [-0.39, 0.29) is 5.25 Å². The largest absolute Gasteiger partial charge is 0.338 e. The van der Waals surface area contributed by atoms with Gasteiger partial charge in [0, 0.05) is 11.6 Å². The number of nitrogens with zero attached hydrogens (tertiary/aromatic N) is 5. The summed E-state index contributed by atoms with van der Waals surface area (Å²) in [7, 11) is 0. The third kappa shape index (κ3) is 3.30. The summed E-state index contributed by atoms with van der Waals surface area (Å²) in [4.78, 5) is 5.57. The molecular formula is C19H17N5OS2. The van der Waals surface area contributed by atoms with E-state index in [2.05, 4.69) is 44.0 Å². The van der Waals surface area contributed by atoms with Gasteiger partial charge in [-0.25, -0.2) is 0 Å². The summed E-state index contributed by atoms with van der Waals surface area (Å²) >= 11 is 3.19. The van der Waals surface area contributed by atoms with Gasteiger partial charge in [0.2, 0.25) is 11.7 Å². The molecule has 1 atom stereocenters. The van der Waals surface area contributed by atoms with E-state index < -0.39 is 0 Å². The summed E-state index contributed by atoms with van der Waals surface area (Å²) < 4.78 is 7.66. The van der Waals surface area contributed by atoms with Crippen molar-refractivity contribution in [3.05, 3.63) is 59.6 Å². The van der Waals surface area contributed by atoms with Crippen molar-refractivity contribution in [3.63, 3.8) is 0 Å². The van der Waals surface area contributed by atoms with Gasteiger partial charge in [-0.15, -0.1) is 21.5 Å². The number of aromatic nitrogens is 5. The van der Waals surface area contributed by atoms with Crippen LogP contribution in [0.3, 0.4) is 0 Å². The molecule has 6 nitrogen and oxygen atoms in total.